The van der Waals surface area contributed by atoms with Crippen molar-refractivity contribution in [1.29, 1.82) is 0 Å². The average molecular weight is 312 g/mol. The van der Waals surface area contributed by atoms with E-state index >= 15 is 0 Å². The molecule has 0 aromatic heterocycles. The Labute approximate surface area is 118 Å². The van der Waals surface area contributed by atoms with E-state index in [2.05, 4.69) is 40.7 Å². The van der Waals surface area contributed by atoms with Gasteiger partial charge >= 0.3 is 0 Å². The fourth-order valence-electron chi connectivity index (χ4n) is 2.64. The quantitative estimate of drug-likeness (QED) is 0.887. The Balaban J connectivity index is 2.27. The Morgan fingerprint density at radius 1 is 1.33 bits per heavy atom. The van der Waals surface area contributed by atoms with Crippen LogP contribution in [0, 0.1) is 5.92 Å². The van der Waals surface area contributed by atoms with Gasteiger partial charge in [0.1, 0.15) is 0 Å². The van der Waals surface area contributed by atoms with Crippen LogP contribution in [0.3, 0.4) is 0 Å². The summed E-state index contributed by atoms with van der Waals surface area (Å²) in [5.41, 5.74) is 2.21. The molecule has 1 fully saturated rings. The Hall–Kier alpha value is -0.540. The largest absolute Gasteiger partial charge is 0.389 e. The zero-order valence-corrected chi connectivity index (χ0v) is 12.9. The molecule has 0 aliphatic carbocycles. The first-order valence-corrected chi connectivity index (χ1v) is 7.52. The number of hydrogen-bond acceptors (Lipinski definition) is 2. The second-order valence-electron chi connectivity index (χ2n) is 5.57. The van der Waals surface area contributed by atoms with Crippen molar-refractivity contribution in [3.63, 3.8) is 0 Å². The predicted molar refractivity (Wildman–Crippen MR) is 80.0 cm³/mol. The minimum atomic E-state index is -0.409. The number of halogens is 1. The van der Waals surface area contributed by atoms with E-state index in [4.69, 9.17) is 0 Å². The number of aliphatic hydroxyl groups excluding tert-OH is 1. The average Bonchev–Trinajstić information content (AvgIpc) is 2.32. The van der Waals surface area contributed by atoms with Crippen molar-refractivity contribution in [2.75, 3.05) is 11.4 Å². The third kappa shape index (κ3) is 2.89. The monoisotopic (exact) mass is 311 g/mol. The normalized spacial score (nSPS) is 26.2. The van der Waals surface area contributed by atoms with Gasteiger partial charge in [-0.05, 0) is 66.2 Å². The Morgan fingerprint density at radius 3 is 2.67 bits per heavy atom. The first-order chi connectivity index (χ1) is 8.49. The minimum Gasteiger partial charge on any atom is -0.389 e. The molecule has 1 aromatic carbocycles. The molecule has 1 aromatic rings. The van der Waals surface area contributed by atoms with E-state index in [1.807, 2.05) is 12.1 Å². The maximum atomic E-state index is 9.61. The molecular formula is C15H22BrNO. The second-order valence-corrected chi connectivity index (χ2v) is 6.43. The molecule has 0 radical (unpaired) electrons. The zero-order valence-electron chi connectivity index (χ0n) is 11.4. The number of benzene rings is 1. The summed E-state index contributed by atoms with van der Waals surface area (Å²) in [6.45, 7) is 7.53. The molecule has 0 bridgehead atoms. The van der Waals surface area contributed by atoms with E-state index in [-0.39, 0.29) is 0 Å². The first-order valence-electron chi connectivity index (χ1n) is 6.73. The summed E-state index contributed by atoms with van der Waals surface area (Å²) in [5.74, 6) is 0.754. The molecule has 2 unspecified atom stereocenters. The number of piperidine rings is 1. The van der Waals surface area contributed by atoms with Crippen LogP contribution in [0.5, 0.6) is 0 Å². The van der Waals surface area contributed by atoms with Gasteiger partial charge in [0.15, 0.2) is 0 Å². The molecule has 0 saturated carbocycles. The molecule has 1 saturated heterocycles. The van der Waals surface area contributed by atoms with Gasteiger partial charge in [0, 0.05) is 17.1 Å². The maximum absolute atomic E-state index is 9.61. The van der Waals surface area contributed by atoms with Crippen molar-refractivity contribution in [3.05, 3.63) is 28.2 Å². The highest BCUT2D eigenvalue weighted by atomic mass is 79.9. The Kier molecular flexibility index (Phi) is 4.33. The smallest absolute Gasteiger partial charge is 0.0762 e. The van der Waals surface area contributed by atoms with E-state index in [0.717, 1.165) is 22.5 Å². The van der Waals surface area contributed by atoms with Gasteiger partial charge in [-0.25, -0.2) is 0 Å². The van der Waals surface area contributed by atoms with Crippen LogP contribution in [0.15, 0.2) is 22.7 Å². The third-order valence-corrected chi connectivity index (χ3v) is 4.52. The molecule has 3 atom stereocenters. The molecule has 1 heterocycles. The molecule has 2 nitrogen and oxygen atoms in total. The van der Waals surface area contributed by atoms with Crippen LogP contribution < -0.4 is 4.90 Å². The van der Waals surface area contributed by atoms with Crippen molar-refractivity contribution in [2.24, 2.45) is 5.92 Å². The van der Waals surface area contributed by atoms with Crippen molar-refractivity contribution < 1.29 is 5.11 Å². The van der Waals surface area contributed by atoms with E-state index in [9.17, 15) is 5.11 Å². The van der Waals surface area contributed by atoms with E-state index in [1.165, 1.54) is 18.5 Å². The number of rotatable bonds is 2. The van der Waals surface area contributed by atoms with Crippen LogP contribution in [0.25, 0.3) is 0 Å². The van der Waals surface area contributed by atoms with Gasteiger partial charge in [-0.3, -0.25) is 0 Å². The van der Waals surface area contributed by atoms with Crippen LogP contribution in [0.1, 0.15) is 45.3 Å². The van der Waals surface area contributed by atoms with Gasteiger partial charge in [0.2, 0.25) is 0 Å². The van der Waals surface area contributed by atoms with E-state index in [1.54, 1.807) is 6.92 Å². The molecule has 2 rings (SSSR count). The van der Waals surface area contributed by atoms with Gasteiger partial charge in [-0.15, -0.1) is 0 Å². The fourth-order valence-corrected chi connectivity index (χ4v) is 3.26. The summed E-state index contributed by atoms with van der Waals surface area (Å²) in [6.07, 6.45) is 2.17. The SMILES string of the molecule is CC1CCC(C)N(c2ccc([C@H](C)O)cc2Br)C1. The lowest BCUT2D eigenvalue weighted by Crippen LogP contribution is -2.41. The first kappa shape index (κ1) is 13.9. The zero-order chi connectivity index (χ0) is 13.3. The molecule has 3 heteroatoms. The summed E-state index contributed by atoms with van der Waals surface area (Å²) in [7, 11) is 0. The summed E-state index contributed by atoms with van der Waals surface area (Å²) < 4.78 is 1.09. The third-order valence-electron chi connectivity index (χ3n) is 3.88. The summed E-state index contributed by atoms with van der Waals surface area (Å²) in [5, 5.41) is 9.61. The van der Waals surface area contributed by atoms with Gasteiger partial charge < -0.3 is 10.0 Å². The molecule has 0 spiro atoms. The Morgan fingerprint density at radius 2 is 2.06 bits per heavy atom. The lowest BCUT2D eigenvalue weighted by atomic mass is 9.94. The van der Waals surface area contributed by atoms with Crippen LogP contribution >= 0.6 is 15.9 Å². The molecule has 1 N–H and O–H groups in total. The molecule has 1 aliphatic heterocycles. The minimum absolute atomic E-state index is 0.409. The molecule has 1 aliphatic rings. The summed E-state index contributed by atoms with van der Waals surface area (Å²) in [6, 6.07) is 6.78. The second kappa shape index (κ2) is 5.62. The highest BCUT2D eigenvalue weighted by molar-refractivity contribution is 9.10. The lowest BCUT2D eigenvalue weighted by Gasteiger charge is -2.39. The van der Waals surface area contributed by atoms with Gasteiger partial charge in [0.05, 0.1) is 11.8 Å². The number of hydrogen-bond donors (Lipinski definition) is 1. The van der Waals surface area contributed by atoms with Gasteiger partial charge in [0.25, 0.3) is 0 Å². The standard InChI is InChI=1S/C15H22BrNO/c1-10-4-5-11(2)17(9-10)15-7-6-13(12(3)18)8-14(15)16/h6-8,10-12,18H,4-5,9H2,1-3H3/t10?,11?,12-/m0/s1. The van der Waals surface area contributed by atoms with Gasteiger partial charge in [-0.1, -0.05) is 13.0 Å². The van der Waals surface area contributed by atoms with E-state index in [0.29, 0.717) is 6.04 Å². The highest BCUT2D eigenvalue weighted by Gasteiger charge is 2.24. The number of anilines is 1. The van der Waals surface area contributed by atoms with Crippen molar-refractivity contribution in [2.45, 2.75) is 45.8 Å². The van der Waals surface area contributed by atoms with Gasteiger partial charge in [-0.2, -0.15) is 0 Å². The molecule has 18 heavy (non-hydrogen) atoms. The lowest BCUT2D eigenvalue weighted by molar-refractivity contribution is 0.199. The molecular weight excluding hydrogens is 290 g/mol. The predicted octanol–water partition coefficient (Wildman–Crippen LogP) is 4.13. The summed E-state index contributed by atoms with van der Waals surface area (Å²) in [4.78, 5) is 2.48. The summed E-state index contributed by atoms with van der Waals surface area (Å²) >= 11 is 3.65. The maximum Gasteiger partial charge on any atom is 0.0762 e. The Bertz CT molecular complexity index is 419. The van der Waals surface area contributed by atoms with Crippen LogP contribution in [0.2, 0.25) is 0 Å². The van der Waals surface area contributed by atoms with Crippen LogP contribution in [-0.2, 0) is 0 Å². The fraction of sp³-hybridized carbons (Fsp3) is 0.600. The van der Waals surface area contributed by atoms with Crippen molar-refractivity contribution in [1.82, 2.24) is 0 Å². The molecule has 0 amide bonds. The number of nitrogens with zero attached hydrogens (tertiary/aromatic N) is 1. The van der Waals surface area contributed by atoms with Crippen LogP contribution in [0.4, 0.5) is 5.69 Å². The van der Waals surface area contributed by atoms with Crippen molar-refractivity contribution in [3.8, 4) is 0 Å². The topological polar surface area (TPSA) is 23.5 Å². The van der Waals surface area contributed by atoms with Crippen LogP contribution in [-0.4, -0.2) is 17.7 Å². The van der Waals surface area contributed by atoms with E-state index < -0.39 is 6.10 Å². The number of aliphatic hydroxyl groups is 1. The molecule has 100 valence electrons. The highest BCUT2D eigenvalue weighted by Crippen LogP contribution is 2.34. The van der Waals surface area contributed by atoms with Crippen molar-refractivity contribution >= 4 is 21.6 Å².